The maximum absolute atomic E-state index is 12.3. The molecule has 1 aliphatic carbocycles. The van der Waals surface area contributed by atoms with E-state index < -0.39 is 10.8 Å². The van der Waals surface area contributed by atoms with E-state index in [4.69, 9.17) is 0 Å². The van der Waals surface area contributed by atoms with Crippen molar-refractivity contribution < 1.29 is 4.21 Å². The Bertz CT molecular complexity index is 736. The largest absolute Gasteiger partial charge is 0.355 e. The highest BCUT2D eigenvalue weighted by Crippen LogP contribution is 2.24. The number of nitrogens with zero attached hydrogens (tertiary/aromatic N) is 2. The van der Waals surface area contributed by atoms with E-state index in [1.807, 2.05) is 14.0 Å². The van der Waals surface area contributed by atoms with Gasteiger partial charge in [-0.25, -0.2) is 0 Å². The lowest BCUT2D eigenvalue weighted by Gasteiger charge is -2.38. The summed E-state index contributed by atoms with van der Waals surface area (Å²) in [6, 6.07) is 9.67. The van der Waals surface area contributed by atoms with Crippen LogP contribution in [0.25, 0.3) is 0 Å². The third kappa shape index (κ3) is 6.07. The fourth-order valence-corrected chi connectivity index (χ4v) is 6.27. The van der Waals surface area contributed by atoms with Crippen molar-refractivity contribution in [1.82, 2.24) is 15.5 Å². The Morgan fingerprint density at radius 1 is 1.27 bits per heavy atom. The second-order valence-electron chi connectivity index (χ2n) is 9.05. The van der Waals surface area contributed by atoms with Gasteiger partial charge in [-0.3, -0.25) is 14.1 Å². The molecule has 5 nitrogen and oxygen atoms in total. The minimum absolute atomic E-state index is 0.330. The number of hydrogen-bond acceptors (Lipinski definition) is 3. The molecule has 30 heavy (non-hydrogen) atoms. The molecule has 0 spiro atoms. The highest BCUT2D eigenvalue weighted by Gasteiger charge is 2.28. The van der Waals surface area contributed by atoms with E-state index in [2.05, 4.69) is 58.6 Å². The smallest absolute Gasteiger partial charge is 0.191 e. The predicted molar refractivity (Wildman–Crippen MR) is 128 cm³/mol. The van der Waals surface area contributed by atoms with Crippen LogP contribution in [-0.4, -0.2) is 58.3 Å². The van der Waals surface area contributed by atoms with Crippen LogP contribution in [0.1, 0.15) is 57.6 Å². The Kier molecular flexibility index (Phi) is 8.75. The van der Waals surface area contributed by atoms with Crippen molar-refractivity contribution in [1.29, 1.82) is 0 Å². The molecule has 1 aromatic rings. The minimum atomic E-state index is -0.697. The number of nitrogens with one attached hydrogen (secondary N) is 2. The second-order valence-corrected chi connectivity index (χ2v) is 11.1. The molecule has 1 fully saturated rings. The Hall–Kier alpha value is -1.40. The van der Waals surface area contributed by atoms with Crippen molar-refractivity contribution >= 4 is 16.8 Å². The highest BCUT2D eigenvalue weighted by atomic mass is 32.2. The molecule has 2 N–H and O–H groups in total. The molecule has 4 atom stereocenters. The van der Waals surface area contributed by atoms with Crippen LogP contribution in [-0.2, 0) is 23.8 Å². The van der Waals surface area contributed by atoms with E-state index in [0.717, 1.165) is 63.5 Å². The fraction of sp³-hybridized carbons (Fsp3) is 0.708. The first-order valence-electron chi connectivity index (χ1n) is 11.7. The molecule has 0 radical (unpaired) electrons. The van der Waals surface area contributed by atoms with E-state index in [1.165, 1.54) is 11.1 Å². The topological polar surface area (TPSA) is 56.7 Å². The average Bonchev–Trinajstić information content (AvgIpc) is 2.77. The lowest BCUT2D eigenvalue weighted by molar-refractivity contribution is 0.140. The van der Waals surface area contributed by atoms with Gasteiger partial charge in [-0.1, -0.05) is 51.5 Å². The SMILES string of the molecule is CCS(=O)C1CCCC(NC(=NC)NCC(C(C)C)N2CCc3ccccc3C2)C1. The standard InChI is InChI=1S/C24H40N4OS/c1-5-30(29)22-12-8-11-21(15-22)27-24(25-4)26-16-23(18(2)3)28-14-13-19-9-6-7-10-20(19)17-28/h6-7,9-10,18,21-23H,5,8,11-17H2,1-4H3,(H2,25,26,27). The summed E-state index contributed by atoms with van der Waals surface area (Å²) in [5.74, 6) is 2.21. The van der Waals surface area contributed by atoms with Gasteiger partial charge in [0.05, 0.1) is 0 Å². The number of fused-ring (bicyclic) bond motifs is 1. The van der Waals surface area contributed by atoms with E-state index >= 15 is 0 Å². The van der Waals surface area contributed by atoms with Gasteiger partial charge in [0.15, 0.2) is 5.96 Å². The maximum atomic E-state index is 12.3. The molecular weight excluding hydrogens is 392 g/mol. The molecule has 4 unspecified atom stereocenters. The summed E-state index contributed by atoms with van der Waals surface area (Å²) < 4.78 is 12.3. The Labute approximate surface area is 185 Å². The van der Waals surface area contributed by atoms with Crippen LogP contribution in [0.3, 0.4) is 0 Å². The molecule has 1 aliphatic heterocycles. The molecule has 1 saturated carbocycles. The van der Waals surface area contributed by atoms with Crippen molar-refractivity contribution in [2.24, 2.45) is 10.9 Å². The summed E-state index contributed by atoms with van der Waals surface area (Å²) in [5.41, 5.74) is 2.96. The van der Waals surface area contributed by atoms with Gasteiger partial charge in [0.2, 0.25) is 0 Å². The third-order valence-corrected chi connectivity index (χ3v) is 8.46. The van der Waals surface area contributed by atoms with E-state index in [1.54, 1.807) is 0 Å². The van der Waals surface area contributed by atoms with Gasteiger partial charge in [-0.15, -0.1) is 0 Å². The van der Waals surface area contributed by atoms with Gasteiger partial charge in [0, 0.05) is 60.6 Å². The molecule has 1 aromatic carbocycles. The quantitative estimate of drug-likeness (QED) is 0.513. The van der Waals surface area contributed by atoms with Crippen molar-refractivity contribution in [3.8, 4) is 0 Å². The predicted octanol–water partition coefficient (Wildman–Crippen LogP) is 3.31. The van der Waals surface area contributed by atoms with Crippen molar-refractivity contribution in [2.45, 2.75) is 76.8 Å². The number of hydrogen-bond donors (Lipinski definition) is 2. The summed E-state index contributed by atoms with van der Waals surface area (Å²) >= 11 is 0. The van der Waals surface area contributed by atoms with Gasteiger partial charge < -0.3 is 10.6 Å². The fourth-order valence-electron chi connectivity index (χ4n) is 4.93. The molecule has 0 bridgehead atoms. The lowest BCUT2D eigenvalue weighted by Crippen LogP contribution is -2.52. The third-order valence-electron chi connectivity index (χ3n) is 6.72. The van der Waals surface area contributed by atoms with Crippen LogP contribution in [0, 0.1) is 5.92 Å². The number of benzene rings is 1. The van der Waals surface area contributed by atoms with Crippen LogP contribution in [0.4, 0.5) is 0 Å². The number of rotatable bonds is 7. The summed E-state index contributed by atoms with van der Waals surface area (Å²) in [7, 11) is 1.15. The van der Waals surface area contributed by atoms with Crippen molar-refractivity contribution in [2.75, 3.05) is 25.9 Å². The molecule has 0 amide bonds. The van der Waals surface area contributed by atoms with Gasteiger partial charge in [-0.05, 0) is 42.7 Å². The van der Waals surface area contributed by atoms with E-state index in [9.17, 15) is 4.21 Å². The van der Waals surface area contributed by atoms with E-state index in [-0.39, 0.29) is 0 Å². The van der Waals surface area contributed by atoms with Crippen LogP contribution < -0.4 is 10.6 Å². The second kappa shape index (κ2) is 11.3. The Morgan fingerprint density at radius 3 is 2.73 bits per heavy atom. The molecule has 0 aromatic heterocycles. The zero-order valence-corrected chi connectivity index (χ0v) is 20.0. The molecule has 2 aliphatic rings. The van der Waals surface area contributed by atoms with Gasteiger partial charge in [0.25, 0.3) is 0 Å². The zero-order chi connectivity index (χ0) is 21.5. The number of guanidine groups is 1. The average molecular weight is 433 g/mol. The summed E-state index contributed by atoms with van der Waals surface area (Å²) in [6.07, 6.45) is 5.49. The van der Waals surface area contributed by atoms with Gasteiger partial charge in [-0.2, -0.15) is 0 Å². The normalized spacial score (nSPS) is 24.9. The molecular formula is C24H40N4OS. The van der Waals surface area contributed by atoms with Crippen LogP contribution in [0.15, 0.2) is 29.3 Å². The monoisotopic (exact) mass is 432 g/mol. The van der Waals surface area contributed by atoms with Crippen LogP contribution >= 0.6 is 0 Å². The Balaban J connectivity index is 1.55. The maximum Gasteiger partial charge on any atom is 0.191 e. The molecule has 168 valence electrons. The minimum Gasteiger partial charge on any atom is -0.355 e. The van der Waals surface area contributed by atoms with Gasteiger partial charge in [0.1, 0.15) is 0 Å². The van der Waals surface area contributed by atoms with Gasteiger partial charge >= 0.3 is 0 Å². The number of aliphatic imine (C=N–C) groups is 1. The summed E-state index contributed by atoms with van der Waals surface area (Å²) in [6.45, 7) is 9.68. The van der Waals surface area contributed by atoms with Crippen molar-refractivity contribution in [3.63, 3.8) is 0 Å². The molecule has 3 rings (SSSR count). The van der Waals surface area contributed by atoms with Crippen LogP contribution in [0.2, 0.25) is 0 Å². The summed E-state index contributed by atoms with van der Waals surface area (Å²) in [4.78, 5) is 7.10. The van der Waals surface area contributed by atoms with E-state index in [0.29, 0.717) is 23.3 Å². The Morgan fingerprint density at radius 2 is 2.03 bits per heavy atom. The lowest BCUT2D eigenvalue weighted by atomic mass is 9.94. The first-order valence-corrected chi connectivity index (χ1v) is 13.0. The first-order chi connectivity index (χ1) is 14.5. The molecule has 6 heteroatoms. The van der Waals surface area contributed by atoms with Crippen LogP contribution in [0.5, 0.6) is 0 Å². The first kappa shape index (κ1) is 23.3. The summed E-state index contributed by atoms with van der Waals surface area (Å²) in [5, 5.41) is 7.54. The molecule has 0 saturated heterocycles. The zero-order valence-electron chi connectivity index (χ0n) is 19.2. The van der Waals surface area contributed by atoms with Crippen molar-refractivity contribution in [3.05, 3.63) is 35.4 Å². The molecule has 1 heterocycles. The highest BCUT2D eigenvalue weighted by molar-refractivity contribution is 7.85.